The molecule has 0 bridgehead atoms. The topological polar surface area (TPSA) is 64.6 Å². The molecule has 2 rings (SSSR count). The average Bonchev–Trinajstić information content (AvgIpc) is 2.44. The zero-order chi connectivity index (χ0) is 13.8. The maximum absolute atomic E-state index is 9.75. The van der Waals surface area contributed by atoms with Crippen LogP contribution in [0.1, 0.15) is 17.3 Å². The van der Waals surface area contributed by atoms with E-state index in [4.69, 9.17) is 0 Å². The number of nitrogens with zero attached hydrogens (tertiary/aromatic N) is 1. The molecular formula is C15H18ClNO3. The molecule has 0 aliphatic rings. The summed E-state index contributed by atoms with van der Waals surface area (Å²) in [5.41, 5.74) is 1.65. The molecule has 0 amide bonds. The number of aromatic nitrogens is 1. The zero-order valence-corrected chi connectivity index (χ0v) is 12.0. The molecule has 0 radical (unpaired) electrons. The first kappa shape index (κ1) is 16.3. The Morgan fingerprint density at radius 1 is 1.10 bits per heavy atom. The molecule has 0 saturated carbocycles. The first-order valence-electron chi connectivity index (χ1n) is 6.21. The second kappa shape index (κ2) is 7.12. The largest absolute Gasteiger partial charge is 1.00 e. The van der Waals surface area contributed by atoms with E-state index in [1.165, 1.54) is 6.07 Å². The van der Waals surface area contributed by atoms with Crippen LogP contribution < -0.4 is 17.0 Å². The number of pyridine rings is 1. The Morgan fingerprint density at radius 3 is 2.35 bits per heavy atom. The number of benzene rings is 1. The number of hydrogen-bond donors (Lipinski definition) is 3. The number of hydrogen-bond acceptors (Lipinski definition) is 3. The third kappa shape index (κ3) is 3.40. The van der Waals surface area contributed by atoms with Gasteiger partial charge in [-0.2, -0.15) is 4.57 Å². The Morgan fingerprint density at radius 2 is 1.75 bits per heavy atom. The van der Waals surface area contributed by atoms with E-state index in [1.807, 2.05) is 30.3 Å². The van der Waals surface area contributed by atoms with Gasteiger partial charge >= 0.3 is 0 Å². The van der Waals surface area contributed by atoms with E-state index in [9.17, 15) is 15.3 Å². The Bertz CT molecular complexity index is 561. The van der Waals surface area contributed by atoms with Crippen molar-refractivity contribution in [3.63, 3.8) is 0 Å². The van der Waals surface area contributed by atoms with E-state index in [0.717, 1.165) is 5.56 Å². The quantitative estimate of drug-likeness (QED) is 0.600. The van der Waals surface area contributed by atoms with Gasteiger partial charge < -0.3 is 27.7 Å². The van der Waals surface area contributed by atoms with E-state index in [0.29, 0.717) is 12.1 Å². The summed E-state index contributed by atoms with van der Waals surface area (Å²) in [4.78, 5) is 0. The van der Waals surface area contributed by atoms with Gasteiger partial charge in [-0.25, -0.2) is 0 Å². The summed E-state index contributed by atoms with van der Waals surface area (Å²) in [7, 11) is 0. The Labute approximate surface area is 124 Å². The third-order valence-corrected chi connectivity index (χ3v) is 3.28. The van der Waals surface area contributed by atoms with Crippen LogP contribution in [-0.2, 0) is 6.42 Å². The van der Waals surface area contributed by atoms with E-state index in [-0.39, 0.29) is 36.6 Å². The third-order valence-electron chi connectivity index (χ3n) is 3.28. The molecule has 0 spiro atoms. The van der Waals surface area contributed by atoms with Gasteiger partial charge in [-0.3, -0.25) is 0 Å². The second-order valence-corrected chi connectivity index (χ2v) is 4.57. The molecule has 1 aromatic carbocycles. The van der Waals surface area contributed by atoms with Crippen LogP contribution in [0.25, 0.3) is 0 Å². The normalized spacial score (nSPS) is 11.7. The minimum Gasteiger partial charge on any atom is -1.00 e. The lowest BCUT2D eigenvalue weighted by Crippen LogP contribution is -3.00. The molecule has 5 heteroatoms. The highest BCUT2D eigenvalue weighted by atomic mass is 35.5. The Balaban J connectivity index is 0.00000200. The van der Waals surface area contributed by atoms with Gasteiger partial charge in [0.1, 0.15) is 6.61 Å². The summed E-state index contributed by atoms with van der Waals surface area (Å²) in [5, 5.41) is 28.7. The monoisotopic (exact) mass is 295 g/mol. The van der Waals surface area contributed by atoms with Crippen molar-refractivity contribution in [1.29, 1.82) is 0 Å². The van der Waals surface area contributed by atoms with Crippen molar-refractivity contribution in [3.8, 4) is 11.5 Å². The summed E-state index contributed by atoms with van der Waals surface area (Å²) >= 11 is 0. The summed E-state index contributed by atoms with van der Waals surface area (Å²) in [6.07, 6.45) is 2.33. The van der Waals surface area contributed by atoms with Gasteiger partial charge in [0, 0.05) is 19.4 Å². The molecule has 1 aromatic heterocycles. The molecule has 0 saturated heterocycles. The van der Waals surface area contributed by atoms with Crippen molar-refractivity contribution >= 4 is 0 Å². The van der Waals surface area contributed by atoms with Gasteiger partial charge in [-0.1, -0.05) is 30.3 Å². The van der Waals surface area contributed by atoms with Crippen LogP contribution >= 0.6 is 0 Å². The van der Waals surface area contributed by atoms with Gasteiger partial charge in [0.2, 0.25) is 11.4 Å². The summed E-state index contributed by atoms with van der Waals surface area (Å²) in [6, 6.07) is 11.1. The molecule has 4 nitrogen and oxygen atoms in total. The predicted molar refractivity (Wildman–Crippen MR) is 71.0 cm³/mol. The summed E-state index contributed by atoms with van der Waals surface area (Å²) < 4.78 is 1.78. The fourth-order valence-corrected chi connectivity index (χ4v) is 2.18. The lowest BCUT2D eigenvalue weighted by atomic mass is 10.1. The fourth-order valence-electron chi connectivity index (χ4n) is 2.18. The van der Waals surface area contributed by atoms with Crippen molar-refractivity contribution < 1.29 is 32.3 Å². The van der Waals surface area contributed by atoms with Crippen LogP contribution in [-0.4, -0.2) is 21.9 Å². The highest BCUT2D eigenvalue weighted by molar-refractivity contribution is 5.36. The first-order valence-corrected chi connectivity index (χ1v) is 6.21. The number of aromatic hydroxyl groups is 2. The van der Waals surface area contributed by atoms with Crippen molar-refractivity contribution in [1.82, 2.24) is 0 Å². The molecule has 0 aliphatic heterocycles. The van der Waals surface area contributed by atoms with E-state index >= 15 is 0 Å². The molecule has 0 aliphatic carbocycles. The highest BCUT2D eigenvalue weighted by Crippen LogP contribution is 2.25. The van der Waals surface area contributed by atoms with E-state index in [2.05, 4.69) is 0 Å². The van der Waals surface area contributed by atoms with Crippen LogP contribution in [0.4, 0.5) is 0 Å². The number of halogens is 1. The molecule has 0 fully saturated rings. The van der Waals surface area contributed by atoms with Crippen LogP contribution in [0.2, 0.25) is 0 Å². The highest BCUT2D eigenvalue weighted by Gasteiger charge is 2.24. The number of rotatable bonds is 4. The molecule has 3 N–H and O–H groups in total. The van der Waals surface area contributed by atoms with Crippen LogP contribution in [0.3, 0.4) is 0 Å². The smallest absolute Gasteiger partial charge is 0.226 e. The van der Waals surface area contributed by atoms with Crippen LogP contribution in [0, 0.1) is 6.92 Å². The minimum absolute atomic E-state index is 0. The van der Waals surface area contributed by atoms with E-state index in [1.54, 1.807) is 17.7 Å². The molecule has 20 heavy (non-hydrogen) atoms. The summed E-state index contributed by atoms with van der Waals surface area (Å²) in [6.45, 7) is 1.67. The van der Waals surface area contributed by atoms with Gasteiger partial charge in [0.15, 0.2) is 18.0 Å². The predicted octanol–water partition coefficient (Wildman–Crippen LogP) is -1.53. The molecule has 2 aromatic rings. The Hall–Kier alpha value is -1.78. The van der Waals surface area contributed by atoms with Gasteiger partial charge in [-0.05, 0) is 5.56 Å². The Kier molecular flexibility index (Phi) is 5.80. The van der Waals surface area contributed by atoms with E-state index < -0.39 is 0 Å². The maximum Gasteiger partial charge on any atom is 0.226 e. The zero-order valence-electron chi connectivity index (χ0n) is 11.2. The van der Waals surface area contributed by atoms with Gasteiger partial charge in [0.05, 0.1) is 0 Å². The van der Waals surface area contributed by atoms with Gasteiger partial charge in [0.25, 0.3) is 0 Å². The van der Waals surface area contributed by atoms with Crippen LogP contribution in [0.15, 0.2) is 42.6 Å². The molecule has 1 unspecified atom stereocenters. The van der Waals surface area contributed by atoms with Crippen molar-refractivity contribution in [2.75, 3.05) is 6.61 Å². The molecule has 1 heterocycles. The van der Waals surface area contributed by atoms with Crippen molar-refractivity contribution in [3.05, 3.63) is 53.9 Å². The second-order valence-electron chi connectivity index (χ2n) is 4.57. The SMILES string of the molecule is Cc1c(O)c(O)cc[n+]1C(CO)Cc1ccccc1.[Cl-]. The lowest BCUT2D eigenvalue weighted by Gasteiger charge is -2.13. The minimum atomic E-state index is -0.172. The average molecular weight is 296 g/mol. The molecule has 1 atom stereocenters. The fraction of sp³-hybridized carbons (Fsp3) is 0.267. The van der Waals surface area contributed by atoms with Crippen molar-refractivity contribution in [2.24, 2.45) is 0 Å². The lowest BCUT2D eigenvalue weighted by molar-refractivity contribution is -0.730. The van der Waals surface area contributed by atoms with Crippen molar-refractivity contribution in [2.45, 2.75) is 19.4 Å². The van der Waals surface area contributed by atoms with Gasteiger partial charge in [-0.15, -0.1) is 0 Å². The molecular weight excluding hydrogens is 278 g/mol. The summed E-state index contributed by atoms with van der Waals surface area (Å²) in [5.74, 6) is -0.292. The number of aliphatic hydroxyl groups is 1. The first-order chi connectivity index (χ1) is 9.13. The van der Waals surface area contributed by atoms with Crippen LogP contribution in [0.5, 0.6) is 11.5 Å². The maximum atomic E-state index is 9.75. The number of aliphatic hydroxyl groups excluding tert-OH is 1. The molecule has 108 valence electrons. The standard InChI is InChI=1S/C15H17NO3.ClH/c1-11-15(19)14(18)7-8-16(11)13(10-17)9-12-5-3-2-4-6-12;/h2-8,13,17,19H,9-10H2,1H3;1H.